The van der Waals surface area contributed by atoms with Gasteiger partial charge in [-0.3, -0.25) is 0 Å². The van der Waals surface area contributed by atoms with E-state index in [2.05, 4.69) is 13.8 Å². The Bertz CT molecular complexity index is 206. The fraction of sp³-hybridized carbons (Fsp3) is 1.00. The number of hydrogen-bond acceptors (Lipinski definition) is 2. The van der Waals surface area contributed by atoms with Crippen LogP contribution in [-0.4, -0.2) is 22.9 Å². The molecule has 0 aliphatic rings. The van der Waals surface area contributed by atoms with Crippen molar-refractivity contribution >= 4 is 0 Å². The molecule has 0 radical (unpaired) electrons. The lowest BCUT2D eigenvalue weighted by Crippen LogP contribution is -2.10. The molecule has 0 bridgehead atoms. The van der Waals surface area contributed by atoms with Crippen LogP contribution in [0.15, 0.2) is 0 Å². The van der Waals surface area contributed by atoms with Gasteiger partial charge in [-0.1, -0.05) is 104 Å². The lowest BCUT2D eigenvalue weighted by Gasteiger charge is -2.10. The molecule has 0 aliphatic heterocycles. The number of aliphatic hydroxyl groups is 2. The zero-order valence-corrected chi connectivity index (χ0v) is 15.4. The molecule has 2 heteroatoms. The summed E-state index contributed by atoms with van der Waals surface area (Å²) in [5, 5.41) is 18.0. The molecule has 0 amide bonds. The molecule has 0 aromatic carbocycles. The van der Waals surface area contributed by atoms with Crippen LogP contribution in [0.1, 0.15) is 110 Å². The van der Waals surface area contributed by atoms with Gasteiger partial charge in [-0.2, -0.15) is 0 Å². The van der Waals surface area contributed by atoms with Crippen molar-refractivity contribution in [1.82, 2.24) is 0 Å². The van der Waals surface area contributed by atoms with Crippen LogP contribution in [0.25, 0.3) is 0 Å². The van der Waals surface area contributed by atoms with E-state index >= 15 is 0 Å². The molecule has 0 rings (SSSR count). The summed E-state index contributed by atoms with van der Waals surface area (Å²) in [5.41, 5.74) is 0. The predicted molar refractivity (Wildman–Crippen MR) is 97.2 cm³/mol. The molecule has 134 valence electrons. The highest BCUT2D eigenvalue weighted by Gasteiger charge is 2.02. The van der Waals surface area contributed by atoms with E-state index in [1.807, 2.05) is 0 Å². The Balaban J connectivity index is 3.13. The fourth-order valence-corrected chi connectivity index (χ4v) is 3.09. The van der Waals surface area contributed by atoms with Crippen molar-refractivity contribution in [3.8, 4) is 0 Å². The molecule has 0 aliphatic carbocycles. The fourth-order valence-electron chi connectivity index (χ4n) is 3.09. The summed E-state index contributed by atoms with van der Waals surface area (Å²) in [5.74, 6) is 0.926. The summed E-state index contributed by atoms with van der Waals surface area (Å²) >= 11 is 0. The van der Waals surface area contributed by atoms with Crippen molar-refractivity contribution in [2.45, 2.75) is 116 Å². The summed E-state index contributed by atoms with van der Waals surface area (Å²) in [6, 6.07) is 0. The van der Waals surface area contributed by atoms with Crippen molar-refractivity contribution in [3.63, 3.8) is 0 Å². The third kappa shape index (κ3) is 16.3. The molecule has 0 aromatic rings. The molecule has 0 aromatic heterocycles. The van der Waals surface area contributed by atoms with Crippen LogP contribution in [0.2, 0.25) is 0 Å². The summed E-state index contributed by atoms with van der Waals surface area (Å²) < 4.78 is 0. The summed E-state index contributed by atoms with van der Waals surface area (Å²) in [7, 11) is 0. The second kappa shape index (κ2) is 17.3. The van der Waals surface area contributed by atoms with Gasteiger partial charge in [0.05, 0.1) is 12.7 Å². The Hall–Kier alpha value is -0.0800. The minimum Gasteiger partial charge on any atom is -0.394 e. The minimum atomic E-state index is -0.496. The molecule has 0 spiro atoms. The maximum Gasteiger partial charge on any atom is 0.0770 e. The second-order valence-electron chi connectivity index (χ2n) is 7.20. The lowest BCUT2D eigenvalue weighted by molar-refractivity contribution is 0.0860. The first-order valence-electron chi connectivity index (χ1n) is 9.99. The summed E-state index contributed by atoms with van der Waals surface area (Å²) in [4.78, 5) is 0. The molecule has 2 unspecified atom stereocenters. The van der Waals surface area contributed by atoms with Gasteiger partial charge in [0, 0.05) is 0 Å². The van der Waals surface area contributed by atoms with E-state index in [9.17, 15) is 5.11 Å². The number of unbranched alkanes of at least 4 members (excludes halogenated alkanes) is 10. The third-order valence-corrected chi connectivity index (χ3v) is 4.75. The van der Waals surface area contributed by atoms with E-state index in [4.69, 9.17) is 5.11 Å². The van der Waals surface area contributed by atoms with Crippen LogP contribution < -0.4 is 0 Å². The van der Waals surface area contributed by atoms with Gasteiger partial charge in [0.1, 0.15) is 0 Å². The first-order valence-corrected chi connectivity index (χ1v) is 9.99. The quantitative estimate of drug-likeness (QED) is 0.331. The van der Waals surface area contributed by atoms with Crippen LogP contribution >= 0.6 is 0 Å². The highest BCUT2D eigenvalue weighted by molar-refractivity contribution is 4.56. The Kier molecular flexibility index (Phi) is 17.2. The monoisotopic (exact) mass is 314 g/mol. The van der Waals surface area contributed by atoms with E-state index in [1.165, 1.54) is 83.5 Å². The second-order valence-corrected chi connectivity index (χ2v) is 7.20. The maximum absolute atomic E-state index is 9.23. The normalized spacial score (nSPS) is 14.2. The van der Waals surface area contributed by atoms with Gasteiger partial charge in [0.25, 0.3) is 0 Å². The number of rotatable bonds is 17. The van der Waals surface area contributed by atoms with Crippen molar-refractivity contribution in [2.24, 2.45) is 5.92 Å². The average molecular weight is 315 g/mol. The van der Waals surface area contributed by atoms with Crippen LogP contribution in [-0.2, 0) is 0 Å². The number of hydrogen-bond donors (Lipinski definition) is 2. The van der Waals surface area contributed by atoms with Crippen LogP contribution in [0.3, 0.4) is 0 Å². The molecule has 22 heavy (non-hydrogen) atoms. The Morgan fingerprint density at radius 1 is 0.636 bits per heavy atom. The van der Waals surface area contributed by atoms with Gasteiger partial charge in [0.2, 0.25) is 0 Å². The van der Waals surface area contributed by atoms with E-state index in [1.54, 1.807) is 0 Å². The summed E-state index contributed by atoms with van der Waals surface area (Å²) in [6.45, 7) is 4.62. The van der Waals surface area contributed by atoms with E-state index < -0.39 is 6.10 Å². The molecule has 2 N–H and O–H groups in total. The van der Waals surface area contributed by atoms with E-state index in [0.29, 0.717) is 0 Å². The number of aliphatic hydroxyl groups excluding tert-OH is 2. The SMILES string of the molecule is CCCCCCC(C)CCCCCCCCCCC(O)CO. The van der Waals surface area contributed by atoms with Gasteiger partial charge in [-0.25, -0.2) is 0 Å². The van der Waals surface area contributed by atoms with Gasteiger partial charge < -0.3 is 10.2 Å². The molecular weight excluding hydrogens is 272 g/mol. The molecule has 0 fully saturated rings. The topological polar surface area (TPSA) is 40.5 Å². The van der Waals surface area contributed by atoms with Crippen LogP contribution in [0.4, 0.5) is 0 Å². The van der Waals surface area contributed by atoms with Gasteiger partial charge in [-0.05, 0) is 12.3 Å². The standard InChI is InChI=1S/C20H42O2/c1-3-4-5-12-15-19(2)16-13-10-8-6-7-9-11-14-17-20(22)18-21/h19-22H,3-18H2,1-2H3. The molecule has 0 saturated heterocycles. The smallest absolute Gasteiger partial charge is 0.0770 e. The molecule has 2 atom stereocenters. The Morgan fingerprint density at radius 2 is 1.05 bits per heavy atom. The maximum atomic E-state index is 9.23. The zero-order valence-electron chi connectivity index (χ0n) is 15.4. The molecular formula is C20H42O2. The molecule has 0 heterocycles. The van der Waals surface area contributed by atoms with Crippen molar-refractivity contribution < 1.29 is 10.2 Å². The molecule has 2 nitrogen and oxygen atoms in total. The minimum absolute atomic E-state index is 0.0863. The van der Waals surface area contributed by atoms with Gasteiger partial charge in [0.15, 0.2) is 0 Å². The first-order chi connectivity index (χ1) is 10.7. The third-order valence-electron chi connectivity index (χ3n) is 4.75. The van der Waals surface area contributed by atoms with Crippen LogP contribution in [0.5, 0.6) is 0 Å². The largest absolute Gasteiger partial charge is 0.394 e. The van der Waals surface area contributed by atoms with Crippen molar-refractivity contribution in [1.29, 1.82) is 0 Å². The van der Waals surface area contributed by atoms with Crippen molar-refractivity contribution in [3.05, 3.63) is 0 Å². The van der Waals surface area contributed by atoms with Crippen molar-refractivity contribution in [2.75, 3.05) is 6.61 Å². The lowest BCUT2D eigenvalue weighted by atomic mass is 9.96. The molecule has 0 saturated carbocycles. The van der Waals surface area contributed by atoms with Gasteiger partial charge in [-0.15, -0.1) is 0 Å². The Morgan fingerprint density at radius 3 is 1.50 bits per heavy atom. The summed E-state index contributed by atoms with van der Waals surface area (Å²) in [6.07, 6.45) is 19.2. The van der Waals surface area contributed by atoms with Crippen LogP contribution in [0, 0.1) is 5.92 Å². The van der Waals surface area contributed by atoms with Gasteiger partial charge >= 0.3 is 0 Å². The van der Waals surface area contributed by atoms with E-state index in [0.717, 1.165) is 18.8 Å². The zero-order chi connectivity index (χ0) is 16.5. The highest BCUT2D eigenvalue weighted by atomic mass is 16.3. The predicted octanol–water partition coefficient (Wildman–Crippen LogP) is 5.85. The average Bonchev–Trinajstić information content (AvgIpc) is 2.53. The highest BCUT2D eigenvalue weighted by Crippen LogP contribution is 2.18. The van der Waals surface area contributed by atoms with E-state index in [-0.39, 0.29) is 6.61 Å². The Labute approximate surface area is 139 Å². The first kappa shape index (κ1) is 21.9.